The third-order valence-corrected chi connectivity index (χ3v) is 2.27. The maximum Gasteiger partial charge on any atom is 0.144 e. The number of rotatable bonds is 5. The monoisotopic (exact) mass is 210 g/mol. The summed E-state index contributed by atoms with van der Waals surface area (Å²) < 4.78 is 10.5. The predicted molar refractivity (Wildman–Crippen MR) is 59.3 cm³/mol. The van der Waals surface area contributed by atoms with Gasteiger partial charge in [-0.2, -0.15) is 0 Å². The molecule has 0 aromatic carbocycles. The summed E-state index contributed by atoms with van der Waals surface area (Å²) >= 11 is 0. The van der Waals surface area contributed by atoms with E-state index in [2.05, 4.69) is 4.98 Å². The standard InChI is InChI=1S/C11H18N2O2/c1-8(12)4-5-9-10(14-2)6-13-7-11(9)15-3/h6-8H,4-5,12H2,1-3H3. The molecule has 0 aliphatic carbocycles. The van der Waals surface area contributed by atoms with Gasteiger partial charge in [-0.25, -0.2) is 0 Å². The van der Waals surface area contributed by atoms with E-state index in [0.717, 1.165) is 29.9 Å². The molecule has 1 atom stereocenters. The van der Waals surface area contributed by atoms with Gasteiger partial charge in [-0.1, -0.05) is 0 Å². The molecule has 15 heavy (non-hydrogen) atoms. The Morgan fingerprint density at radius 2 is 1.80 bits per heavy atom. The van der Waals surface area contributed by atoms with Crippen LogP contribution in [0.1, 0.15) is 18.9 Å². The highest BCUT2D eigenvalue weighted by Crippen LogP contribution is 2.28. The molecule has 1 rings (SSSR count). The zero-order valence-corrected chi connectivity index (χ0v) is 9.49. The molecule has 1 aromatic heterocycles. The molecule has 1 aromatic rings. The third kappa shape index (κ3) is 3.09. The molecule has 0 aliphatic rings. The number of hydrogen-bond acceptors (Lipinski definition) is 4. The summed E-state index contributed by atoms with van der Waals surface area (Å²) in [4.78, 5) is 4.03. The Hall–Kier alpha value is -1.29. The van der Waals surface area contributed by atoms with Crippen molar-refractivity contribution in [2.45, 2.75) is 25.8 Å². The molecule has 0 aliphatic heterocycles. The van der Waals surface area contributed by atoms with E-state index in [4.69, 9.17) is 15.2 Å². The molecule has 0 bridgehead atoms. The Labute approximate surface area is 90.4 Å². The smallest absolute Gasteiger partial charge is 0.144 e. The number of nitrogens with two attached hydrogens (primary N) is 1. The third-order valence-electron chi connectivity index (χ3n) is 2.27. The van der Waals surface area contributed by atoms with E-state index < -0.39 is 0 Å². The fourth-order valence-electron chi connectivity index (χ4n) is 1.42. The van der Waals surface area contributed by atoms with Crippen LogP contribution in [-0.2, 0) is 6.42 Å². The summed E-state index contributed by atoms with van der Waals surface area (Å²) in [6, 6.07) is 0.174. The minimum atomic E-state index is 0.174. The fraction of sp³-hybridized carbons (Fsp3) is 0.545. The van der Waals surface area contributed by atoms with Crippen molar-refractivity contribution in [1.29, 1.82) is 0 Å². The van der Waals surface area contributed by atoms with Gasteiger partial charge in [0.15, 0.2) is 0 Å². The quantitative estimate of drug-likeness (QED) is 0.797. The van der Waals surface area contributed by atoms with E-state index in [1.807, 2.05) is 6.92 Å². The van der Waals surface area contributed by atoms with Gasteiger partial charge in [0.2, 0.25) is 0 Å². The van der Waals surface area contributed by atoms with Gasteiger partial charge in [0, 0.05) is 11.6 Å². The molecule has 0 saturated carbocycles. The van der Waals surface area contributed by atoms with Crippen molar-refractivity contribution < 1.29 is 9.47 Å². The van der Waals surface area contributed by atoms with Crippen LogP contribution >= 0.6 is 0 Å². The minimum absolute atomic E-state index is 0.174. The van der Waals surface area contributed by atoms with Crippen LogP contribution in [0.15, 0.2) is 12.4 Å². The number of aromatic nitrogens is 1. The lowest BCUT2D eigenvalue weighted by molar-refractivity contribution is 0.380. The second-order valence-corrected chi connectivity index (χ2v) is 3.54. The summed E-state index contributed by atoms with van der Waals surface area (Å²) in [7, 11) is 3.26. The molecule has 84 valence electrons. The van der Waals surface area contributed by atoms with E-state index in [9.17, 15) is 0 Å². The van der Waals surface area contributed by atoms with Gasteiger partial charge in [0.05, 0.1) is 26.6 Å². The number of methoxy groups -OCH3 is 2. The highest BCUT2D eigenvalue weighted by Gasteiger charge is 2.10. The minimum Gasteiger partial charge on any atom is -0.495 e. The highest BCUT2D eigenvalue weighted by atomic mass is 16.5. The summed E-state index contributed by atoms with van der Waals surface area (Å²) in [5, 5.41) is 0. The van der Waals surface area contributed by atoms with Crippen LogP contribution in [0.25, 0.3) is 0 Å². The van der Waals surface area contributed by atoms with E-state index in [-0.39, 0.29) is 6.04 Å². The normalized spacial score (nSPS) is 12.3. The van der Waals surface area contributed by atoms with E-state index in [1.165, 1.54) is 0 Å². The van der Waals surface area contributed by atoms with Gasteiger partial charge in [0.25, 0.3) is 0 Å². The first-order valence-electron chi connectivity index (χ1n) is 4.99. The van der Waals surface area contributed by atoms with Crippen LogP contribution in [0.3, 0.4) is 0 Å². The second kappa shape index (κ2) is 5.56. The number of ether oxygens (including phenoxy) is 2. The molecular formula is C11H18N2O2. The lowest BCUT2D eigenvalue weighted by Gasteiger charge is -2.13. The molecule has 4 heteroatoms. The van der Waals surface area contributed by atoms with Crippen molar-refractivity contribution in [3.63, 3.8) is 0 Å². The second-order valence-electron chi connectivity index (χ2n) is 3.54. The van der Waals surface area contributed by atoms with Crippen LogP contribution in [0.5, 0.6) is 11.5 Å². The van der Waals surface area contributed by atoms with Crippen molar-refractivity contribution in [1.82, 2.24) is 4.98 Å². The van der Waals surface area contributed by atoms with Crippen molar-refractivity contribution in [2.24, 2.45) is 5.73 Å². The van der Waals surface area contributed by atoms with Crippen molar-refractivity contribution in [3.8, 4) is 11.5 Å². The highest BCUT2D eigenvalue weighted by molar-refractivity contribution is 5.41. The Morgan fingerprint density at radius 3 is 2.20 bits per heavy atom. The molecule has 4 nitrogen and oxygen atoms in total. The first-order valence-corrected chi connectivity index (χ1v) is 4.99. The van der Waals surface area contributed by atoms with Gasteiger partial charge < -0.3 is 15.2 Å². The molecule has 0 amide bonds. The van der Waals surface area contributed by atoms with Gasteiger partial charge in [0.1, 0.15) is 11.5 Å². The number of pyridine rings is 1. The Balaban J connectivity index is 2.89. The molecule has 0 fully saturated rings. The van der Waals surface area contributed by atoms with Crippen molar-refractivity contribution >= 4 is 0 Å². The van der Waals surface area contributed by atoms with Crippen LogP contribution in [-0.4, -0.2) is 25.2 Å². The average Bonchev–Trinajstić information content (AvgIpc) is 2.25. The van der Waals surface area contributed by atoms with Crippen LogP contribution in [0.4, 0.5) is 0 Å². The average molecular weight is 210 g/mol. The lowest BCUT2D eigenvalue weighted by Crippen LogP contribution is -2.15. The van der Waals surface area contributed by atoms with Gasteiger partial charge in [-0.15, -0.1) is 0 Å². The topological polar surface area (TPSA) is 57.4 Å². The fourth-order valence-corrected chi connectivity index (χ4v) is 1.42. The molecule has 0 spiro atoms. The summed E-state index contributed by atoms with van der Waals surface area (Å²) in [6.45, 7) is 1.99. The molecule has 1 unspecified atom stereocenters. The zero-order valence-electron chi connectivity index (χ0n) is 9.49. The van der Waals surface area contributed by atoms with Gasteiger partial charge >= 0.3 is 0 Å². The number of nitrogens with zero attached hydrogens (tertiary/aromatic N) is 1. The summed E-state index contributed by atoms with van der Waals surface area (Å²) in [5.74, 6) is 1.52. The van der Waals surface area contributed by atoms with Crippen molar-refractivity contribution in [3.05, 3.63) is 18.0 Å². The zero-order chi connectivity index (χ0) is 11.3. The van der Waals surface area contributed by atoms with Crippen LogP contribution < -0.4 is 15.2 Å². The number of hydrogen-bond donors (Lipinski definition) is 1. The first kappa shape index (κ1) is 11.8. The van der Waals surface area contributed by atoms with Gasteiger partial charge in [-0.3, -0.25) is 4.98 Å². The lowest BCUT2D eigenvalue weighted by atomic mass is 10.1. The molecular weight excluding hydrogens is 192 g/mol. The Bertz CT molecular complexity index is 291. The molecule has 2 N–H and O–H groups in total. The molecule has 0 radical (unpaired) electrons. The van der Waals surface area contributed by atoms with Crippen LogP contribution in [0.2, 0.25) is 0 Å². The summed E-state index contributed by atoms with van der Waals surface area (Å²) in [5.41, 5.74) is 6.76. The van der Waals surface area contributed by atoms with Crippen LogP contribution in [0, 0.1) is 0 Å². The molecule has 1 heterocycles. The first-order chi connectivity index (χ1) is 7.19. The largest absolute Gasteiger partial charge is 0.495 e. The van der Waals surface area contributed by atoms with Gasteiger partial charge in [-0.05, 0) is 19.8 Å². The van der Waals surface area contributed by atoms with E-state index >= 15 is 0 Å². The van der Waals surface area contributed by atoms with E-state index in [1.54, 1.807) is 26.6 Å². The maximum atomic E-state index is 5.73. The Morgan fingerprint density at radius 1 is 1.27 bits per heavy atom. The van der Waals surface area contributed by atoms with E-state index in [0.29, 0.717) is 0 Å². The predicted octanol–water partition coefficient (Wildman–Crippen LogP) is 1.38. The Kier molecular flexibility index (Phi) is 4.37. The SMILES string of the molecule is COc1cncc(OC)c1CCC(C)N. The maximum absolute atomic E-state index is 5.73. The molecule has 0 saturated heterocycles. The van der Waals surface area contributed by atoms with Crippen molar-refractivity contribution in [2.75, 3.05) is 14.2 Å². The summed E-state index contributed by atoms with van der Waals surface area (Å²) in [6.07, 6.45) is 5.13.